The fourth-order valence-corrected chi connectivity index (χ4v) is 6.28. The minimum Gasteiger partial charge on any atom is -0.489 e. The molecule has 46 heavy (non-hydrogen) atoms. The first-order chi connectivity index (χ1) is 21.9. The molecule has 3 aliphatic rings. The number of carbonyl (C=O) groups excluding carboxylic acids is 1. The number of benzene rings is 2. The van der Waals surface area contributed by atoms with Gasteiger partial charge >= 0.3 is 5.97 Å². The maximum Gasteiger partial charge on any atom is 0.339 e. The number of nitrogens with zero attached hydrogens (tertiary/aromatic N) is 4. The van der Waals surface area contributed by atoms with E-state index in [0.29, 0.717) is 48.2 Å². The largest absolute Gasteiger partial charge is 0.489 e. The molecule has 10 heteroatoms. The third kappa shape index (κ3) is 6.63. The summed E-state index contributed by atoms with van der Waals surface area (Å²) in [5.74, 6) is 1.02. The van der Waals surface area contributed by atoms with E-state index in [9.17, 15) is 4.79 Å². The van der Waals surface area contributed by atoms with Crippen molar-refractivity contribution in [3.05, 3.63) is 77.0 Å². The monoisotopic (exact) mass is 644 g/mol. The van der Waals surface area contributed by atoms with Gasteiger partial charge in [-0.25, -0.2) is 9.78 Å². The van der Waals surface area contributed by atoms with Crippen LogP contribution in [0.1, 0.15) is 57.9 Å². The predicted octanol–water partition coefficient (Wildman–Crippen LogP) is 7.38. The summed E-state index contributed by atoms with van der Waals surface area (Å²) >= 11 is 6.45. The van der Waals surface area contributed by atoms with Crippen LogP contribution >= 0.6 is 11.6 Å². The molecule has 7 rings (SSSR count). The molecule has 0 unspecified atom stereocenters. The highest BCUT2D eigenvalue weighted by atomic mass is 35.5. The molecule has 242 valence electrons. The fourth-order valence-electron chi connectivity index (χ4n) is 6.11. The Balaban J connectivity index is 1.56. The van der Waals surface area contributed by atoms with Crippen LogP contribution in [0.15, 0.2) is 60.7 Å². The molecule has 0 saturated carbocycles. The van der Waals surface area contributed by atoms with Gasteiger partial charge in [0.1, 0.15) is 18.2 Å². The van der Waals surface area contributed by atoms with E-state index in [1.165, 1.54) is 7.11 Å². The molecule has 1 fully saturated rings. The van der Waals surface area contributed by atoms with Crippen molar-refractivity contribution in [1.82, 2.24) is 14.6 Å². The first-order valence-corrected chi connectivity index (χ1v) is 16.1. The number of methoxy groups -OCH3 is 1. The van der Waals surface area contributed by atoms with Crippen LogP contribution in [0.2, 0.25) is 5.02 Å². The van der Waals surface area contributed by atoms with Crippen molar-refractivity contribution in [2.45, 2.75) is 64.8 Å². The maximum atomic E-state index is 13.3. The topological polar surface area (TPSA) is 87.4 Å². The molecule has 0 spiro atoms. The Labute approximate surface area is 275 Å². The van der Waals surface area contributed by atoms with Gasteiger partial charge in [0.2, 0.25) is 0 Å². The Kier molecular flexibility index (Phi) is 8.85. The minimum absolute atomic E-state index is 0.312. The first-order valence-electron chi connectivity index (χ1n) is 15.7. The highest BCUT2D eigenvalue weighted by Crippen LogP contribution is 2.40. The number of rotatable bonds is 3. The number of halogens is 1. The van der Waals surface area contributed by atoms with Crippen LogP contribution in [0.25, 0.3) is 28.0 Å². The summed E-state index contributed by atoms with van der Waals surface area (Å²) in [6.45, 7) is 12.1. The molecule has 0 N–H and O–H groups in total. The number of aromatic nitrogens is 3. The van der Waals surface area contributed by atoms with Crippen molar-refractivity contribution in [3.63, 3.8) is 0 Å². The Hall–Kier alpha value is -3.92. The van der Waals surface area contributed by atoms with Crippen molar-refractivity contribution in [2.75, 3.05) is 38.3 Å². The summed E-state index contributed by atoms with van der Waals surface area (Å²) in [6, 6.07) is 15.8. The van der Waals surface area contributed by atoms with Crippen molar-refractivity contribution < 1.29 is 23.7 Å². The van der Waals surface area contributed by atoms with E-state index in [1.54, 1.807) is 0 Å². The van der Waals surface area contributed by atoms with E-state index in [4.69, 9.17) is 40.6 Å². The maximum absolute atomic E-state index is 13.3. The highest BCUT2D eigenvalue weighted by Gasteiger charge is 2.38. The molecule has 0 aliphatic carbocycles. The highest BCUT2D eigenvalue weighted by molar-refractivity contribution is 6.31. The molecule has 4 aromatic rings. The summed E-state index contributed by atoms with van der Waals surface area (Å²) in [5, 5.41) is 5.74. The number of piperidine rings is 1. The molecule has 9 nitrogen and oxygen atoms in total. The molecule has 6 bridgehead atoms. The van der Waals surface area contributed by atoms with Gasteiger partial charge in [0.25, 0.3) is 0 Å². The average molecular weight is 645 g/mol. The third-order valence-electron chi connectivity index (χ3n) is 8.51. The van der Waals surface area contributed by atoms with Crippen LogP contribution in [-0.2, 0) is 19.0 Å². The van der Waals surface area contributed by atoms with E-state index in [2.05, 4.69) is 17.9 Å². The lowest BCUT2D eigenvalue weighted by Gasteiger charge is -2.41. The molecule has 2 aromatic heterocycles. The van der Waals surface area contributed by atoms with Crippen LogP contribution in [0.4, 0.5) is 5.82 Å². The van der Waals surface area contributed by atoms with Gasteiger partial charge in [0, 0.05) is 41.0 Å². The first kappa shape index (κ1) is 32.0. The summed E-state index contributed by atoms with van der Waals surface area (Å²) in [4.78, 5) is 20.6. The van der Waals surface area contributed by atoms with Gasteiger partial charge in [-0.2, -0.15) is 9.61 Å². The van der Waals surface area contributed by atoms with Gasteiger partial charge in [0.15, 0.2) is 11.8 Å². The molecule has 3 aliphatic heterocycles. The zero-order chi connectivity index (χ0) is 32.6. The summed E-state index contributed by atoms with van der Waals surface area (Å²) in [6.07, 6.45) is 4.56. The summed E-state index contributed by atoms with van der Waals surface area (Å²) < 4.78 is 26.1. The molecule has 2 aromatic carbocycles. The number of aryl methyl sites for hydroxylation is 1. The SMILES string of the molecule is COC(=O)[C@@H](OC(C)(C)C)c1c(C)nc2cc3nn2c1N1CCC(C)(CC1)OC/C=C\COc1ccc(Cl)cc1-c1cccc-3c1. The quantitative estimate of drug-likeness (QED) is 0.169. The predicted molar refractivity (Wildman–Crippen MR) is 180 cm³/mol. The summed E-state index contributed by atoms with van der Waals surface area (Å²) in [7, 11) is 1.38. The standard InChI is InChI=1S/C36H41ClN4O5/c1-23-31(32(34(42)43-6)46-35(2,3)4)33-40-16-14-36(5,15-17-40)45-19-8-7-18-44-29-13-12-26(37)21-27(29)24-10-9-11-25(20-24)28-22-30(38-23)41(33)39-28/h7-13,20-22,32H,14-19H2,1-6H3/b8-7-/t32-/m0/s1. The zero-order valence-corrected chi connectivity index (χ0v) is 28.1. The third-order valence-corrected chi connectivity index (χ3v) is 8.75. The van der Waals surface area contributed by atoms with Crippen LogP contribution in [0, 0.1) is 6.92 Å². The lowest BCUT2D eigenvalue weighted by molar-refractivity contribution is -0.164. The van der Waals surface area contributed by atoms with Gasteiger partial charge < -0.3 is 23.8 Å². The van der Waals surface area contributed by atoms with Gasteiger partial charge in [-0.05, 0) is 83.4 Å². The van der Waals surface area contributed by atoms with Crippen molar-refractivity contribution in [1.29, 1.82) is 0 Å². The Bertz CT molecular complexity index is 1790. The van der Waals surface area contributed by atoms with Gasteiger partial charge in [-0.15, -0.1) is 0 Å². The number of carbonyl (C=O) groups is 1. The smallest absolute Gasteiger partial charge is 0.339 e. The van der Waals surface area contributed by atoms with Crippen LogP contribution in [-0.4, -0.2) is 65.2 Å². The lowest BCUT2D eigenvalue weighted by atomic mass is 9.92. The Morgan fingerprint density at radius 3 is 2.52 bits per heavy atom. The van der Waals surface area contributed by atoms with Crippen LogP contribution < -0.4 is 9.64 Å². The number of anilines is 1. The number of esters is 1. The molecule has 0 radical (unpaired) electrons. The van der Waals surface area contributed by atoms with Gasteiger partial charge in [0.05, 0.1) is 36.2 Å². The van der Waals surface area contributed by atoms with Crippen LogP contribution in [0.3, 0.4) is 0 Å². The minimum atomic E-state index is -0.995. The van der Waals surface area contributed by atoms with Gasteiger partial charge in [-0.3, -0.25) is 0 Å². The number of ether oxygens (including phenoxy) is 4. The van der Waals surface area contributed by atoms with E-state index in [0.717, 1.165) is 46.8 Å². The molecule has 5 heterocycles. The Morgan fingerprint density at radius 2 is 1.78 bits per heavy atom. The molecule has 1 atom stereocenters. The second kappa shape index (κ2) is 12.7. The molecular weight excluding hydrogens is 604 g/mol. The number of hydrogen-bond acceptors (Lipinski definition) is 8. The number of fused-ring (bicyclic) bond motifs is 6. The molecular formula is C36H41ClN4O5. The van der Waals surface area contributed by atoms with Gasteiger partial charge in [-0.1, -0.05) is 35.9 Å². The average Bonchev–Trinajstić information content (AvgIpc) is 3.44. The van der Waals surface area contributed by atoms with Crippen LogP contribution in [0.5, 0.6) is 5.75 Å². The van der Waals surface area contributed by atoms with E-state index < -0.39 is 17.7 Å². The van der Waals surface area contributed by atoms with E-state index >= 15 is 0 Å². The summed E-state index contributed by atoms with van der Waals surface area (Å²) in [5.41, 5.74) is 4.55. The van der Waals surface area contributed by atoms with Crippen molar-refractivity contribution in [2.24, 2.45) is 0 Å². The fraction of sp³-hybridized carbons (Fsp3) is 0.417. The Morgan fingerprint density at radius 1 is 1.04 bits per heavy atom. The molecule has 0 amide bonds. The van der Waals surface area contributed by atoms with E-state index in [-0.39, 0.29) is 5.60 Å². The molecule has 1 saturated heterocycles. The number of hydrogen-bond donors (Lipinski definition) is 0. The normalized spacial score (nSPS) is 17.8. The second-order valence-corrected chi connectivity index (χ2v) is 13.6. The van der Waals surface area contributed by atoms with E-state index in [1.807, 2.05) is 86.8 Å². The van der Waals surface area contributed by atoms with Crippen molar-refractivity contribution in [3.8, 4) is 28.1 Å². The van der Waals surface area contributed by atoms with Crippen molar-refractivity contribution >= 4 is 29.0 Å². The second-order valence-electron chi connectivity index (χ2n) is 13.1. The lowest BCUT2D eigenvalue weighted by Crippen LogP contribution is -2.45. The zero-order valence-electron chi connectivity index (χ0n) is 27.3.